The predicted molar refractivity (Wildman–Crippen MR) is 104 cm³/mol. The van der Waals surface area contributed by atoms with E-state index in [9.17, 15) is 9.59 Å². The fourth-order valence-electron chi connectivity index (χ4n) is 2.71. The van der Waals surface area contributed by atoms with E-state index in [1.807, 2.05) is 60.7 Å². The highest BCUT2D eigenvalue weighted by molar-refractivity contribution is 5.95. The highest BCUT2D eigenvalue weighted by Crippen LogP contribution is 2.21. The van der Waals surface area contributed by atoms with Crippen LogP contribution in [0.2, 0.25) is 0 Å². The summed E-state index contributed by atoms with van der Waals surface area (Å²) in [5.74, 6) is -0.352. The highest BCUT2D eigenvalue weighted by atomic mass is 16.2. The molecule has 2 rings (SSSR count). The van der Waals surface area contributed by atoms with Crippen molar-refractivity contribution in [2.45, 2.75) is 32.2 Å². The molecule has 0 aliphatic rings. The number of rotatable bonds is 9. The fourth-order valence-corrected chi connectivity index (χ4v) is 2.71. The average molecular weight is 353 g/mol. The number of urea groups is 1. The van der Waals surface area contributed by atoms with Crippen LogP contribution in [0.4, 0.5) is 4.79 Å². The van der Waals surface area contributed by atoms with Crippen LogP contribution in [0.3, 0.4) is 0 Å². The maximum atomic E-state index is 12.1. The van der Waals surface area contributed by atoms with E-state index < -0.39 is 6.03 Å². The number of carbonyl (C=O) groups excluding carboxylic acids is 2. The second kappa shape index (κ2) is 11.1. The lowest BCUT2D eigenvalue weighted by Crippen LogP contribution is -2.44. The molecule has 138 valence electrons. The smallest absolute Gasteiger partial charge is 0.321 e. The van der Waals surface area contributed by atoms with E-state index in [4.69, 9.17) is 0 Å². The van der Waals surface area contributed by atoms with E-state index in [1.165, 1.54) is 0 Å². The second-order valence-electron chi connectivity index (χ2n) is 6.15. The molecule has 0 atom stereocenters. The van der Waals surface area contributed by atoms with E-state index in [-0.39, 0.29) is 18.5 Å². The molecule has 0 heterocycles. The number of amides is 3. The van der Waals surface area contributed by atoms with Crippen LogP contribution in [0.15, 0.2) is 60.7 Å². The zero-order valence-electron chi connectivity index (χ0n) is 15.2. The number of hydrogen-bond acceptors (Lipinski definition) is 3. The van der Waals surface area contributed by atoms with E-state index in [2.05, 4.69) is 22.9 Å². The molecule has 0 aliphatic heterocycles. The number of benzene rings is 2. The predicted octanol–water partition coefficient (Wildman–Crippen LogP) is 3.38. The van der Waals surface area contributed by atoms with Gasteiger partial charge in [0.05, 0.1) is 12.6 Å². The molecule has 2 aromatic carbocycles. The van der Waals surface area contributed by atoms with Gasteiger partial charge in [0.25, 0.3) is 0 Å². The van der Waals surface area contributed by atoms with Gasteiger partial charge in [0.15, 0.2) is 0 Å². The molecule has 0 radical (unpaired) electrons. The molecule has 5 heteroatoms. The van der Waals surface area contributed by atoms with Gasteiger partial charge >= 0.3 is 6.03 Å². The lowest BCUT2D eigenvalue weighted by Gasteiger charge is -2.19. The van der Waals surface area contributed by atoms with Gasteiger partial charge in [0, 0.05) is 6.54 Å². The van der Waals surface area contributed by atoms with Crippen LogP contribution in [0, 0.1) is 0 Å². The maximum Gasteiger partial charge on any atom is 0.321 e. The number of unbranched alkanes of at least 4 members (excludes halogenated alkanes) is 2. The van der Waals surface area contributed by atoms with Crippen molar-refractivity contribution in [3.8, 4) is 0 Å². The lowest BCUT2D eigenvalue weighted by atomic mass is 9.99. The van der Waals surface area contributed by atoms with Crippen LogP contribution < -0.4 is 16.0 Å². The third-order valence-corrected chi connectivity index (χ3v) is 4.05. The zero-order chi connectivity index (χ0) is 18.6. The van der Waals surface area contributed by atoms with Crippen molar-refractivity contribution in [2.24, 2.45) is 0 Å². The zero-order valence-corrected chi connectivity index (χ0v) is 15.2. The Balaban J connectivity index is 1.89. The SMILES string of the molecule is CCCCCNC(=O)NC(=O)CNC(c1ccccc1)c1ccccc1. The van der Waals surface area contributed by atoms with Crippen molar-refractivity contribution in [1.29, 1.82) is 0 Å². The molecule has 3 amide bonds. The van der Waals surface area contributed by atoms with Crippen molar-refractivity contribution in [3.05, 3.63) is 71.8 Å². The topological polar surface area (TPSA) is 70.2 Å². The fraction of sp³-hybridized carbons (Fsp3) is 0.333. The molecule has 0 saturated heterocycles. The molecule has 3 N–H and O–H groups in total. The Morgan fingerprint density at radius 1 is 0.885 bits per heavy atom. The van der Waals surface area contributed by atoms with Crippen LogP contribution in [0.1, 0.15) is 43.4 Å². The molecular formula is C21H27N3O2. The number of nitrogens with one attached hydrogen (secondary N) is 3. The van der Waals surface area contributed by atoms with Crippen molar-refractivity contribution >= 4 is 11.9 Å². The highest BCUT2D eigenvalue weighted by Gasteiger charge is 2.15. The first-order chi connectivity index (χ1) is 12.7. The standard InChI is InChI=1S/C21H27N3O2/c1-2-3-10-15-22-21(26)24-19(25)16-23-20(17-11-6-4-7-12-17)18-13-8-5-9-14-18/h4-9,11-14,20,23H,2-3,10,15-16H2,1H3,(H2,22,24,25,26). The van der Waals surface area contributed by atoms with Gasteiger partial charge in [-0.1, -0.05) is 80.4 Å². The molecule has 0 bridgehead atoms. The Labute approximate surface area is 155 Å². The normalized spacial score (nSPS) is 10.5. The molecule has 2 aromatic rings. The quantitative estimate of drug-likeness (QED) is 0.605. The summed E-state index contributed by atoms with van der Waals surface area (Å²) in [4.78, 5) is 23.8. The summed E-state index contributed by atoms with van der Waals surface area (Å²) in [6.07, 6.45) is 3.07. The van der Waals surface area contributed by atoms with E-state index in [0.717, 1.165) is 30.4 Å². The molecule has 0 aliphatic carbocycles. The Hall–Kier alpha value is -2.66. The number of hydrogen-bond donors (Lipinski definition) is 3. The van der Waals surface area contributed by atoms with Crippen LogP contribution in [0.25, 0.3) is 0 Å². The van der Waals surface area contributed by atoms with Crippen molar-refractivity contribution in [2.75, 3.05) is 13.1 Å². The van der Waals surface area contributed by atoms with Gasteiger partial charge in [-0.2, -0.15) is 0 Å². The molecule has 0 fully saturated rings. The van der Waals surface area contributed by atoms with E-state index in [0.29, 0.717) is 6.54 Å². The molecule has 26 heavy (non-hydrogen) atoms. The van der Waals surface area contributed by atoms with Gasteiger partial charge in [-0.15, -0.1) is 0 Å². The van der Waals surface area contributed by atoms with Gasteiger partial charge in [-0.25, -0.2) is 4.79 Å². The number of imide groups is 1. The minimum absolute atomic E-state index is 0.0524. The summed E-state index contributed by atoms with van der Waals surface area (Å²) >= 11 is 0. The van der Waals surface area contributed by atoms with Crippen LogP contribution in [-0.2, 0) is 4.79 Å². The van der Waals surface area contributed by atoms with E-state index in [1.54, 1.807) is 0 Å². The minimum atomic E-state index is -0.441. The minimum Gasteiger partial charge on any atom is -0.338 e. The number of carbonyl (C=O) groups is 2. The third-order valence-electron chi connectivity index (χ3n) is 4.05. The van der Waals surface area contributed by atoms with Crippen molar-refractivity contribution in [3.63, 3.8) is 0 Å². The van der Waals surface area contributed by atoms with Gasteiger partial charge in [0.2, 0.25) is 5.91 Å². The second-order valence-corrected chi connectivity index (χ2v) is 6.15. The Kier molecular flexibility index (Phi) is 8.36. The van der Waals surface area contributed by atoms with Crippen molar-refractivity contribution < 1.29 is 9.59 Å². The summed E-state index contributed by atoms with van der Waals surface area (Å²) in [5.41, 5.74) is 2.13. The van der Waals surface area contributed by atoms with Crippen molar-refractivity contribution in [1.82, 2.24) is 16.0 Å². The monoisotopic (exact) mass is 353 g/mol. The summed E-state index contributed by atoms with van der Waals surface area (Å²) in [6, 6.07) is 19.3. The third kappa shape index (κ3) is 6.69. The van der Waals surface area contributed by atoms with Gasteiger partial charge < -0.3 is 5.32 Å². The maximum absolute atomic E-state index is 12.1. The summed E-state index contributed by atoms with van der Waals surface area (Å²) < 4.78 is 0. The van der Waals surface area contributed by atoms with Crippen LogP contribution in [0.5, 0.6) is 0 Å². The molecule has 0 aromatic heterocycles. The molecular weight excluding hydrogens is 326 g/mol. The first-order valence-electron chi connectivity index (χ1n) is 9.11. The van der Waals surface area contributed by atoms with Crippen LogP contribution >= 0.6 is 0 Å². The first kappa shape index (κ1) is 19.7. The molecule has 0 saturated carbocycles. The van der Waals surface area contributed by atoms with Gasteiger partial charge in [-0.3, -0.25) is 15.4 Å². The molecule has 5 nitrogen and oxygen atoms in total. The van der Waals surface area contributed by atoms with Crippen LogP contribution in [-0.4, -0.2) is 25.0 Å². The molecule has 0 unspecified atom stereocenters. The summed E-state index contributed by atoms with van der Waals surface area (Å²) in [5, 5.41) is 8.31. The Morgan fingerprint density at radius 2 is 1.46 bits per heavy atom. The Morgan fingerprint density at radius 3 is 2.00 bits per heavy atom. The van der Waals surface area contributed by atoms with Gasteiger partial charge in [-0.05, 0) is 17.5 Å². The average Bonchev–Trinajstić information content (AvgIpc) is 2.67. The molecule has 0 spiro atoms. The van der Waals surface area contributed by atoms with E-state index >= 15 is 0 Å². The summed E-state index contributed by atoms with van der Waals surface area (Å²) in [7, 11) is 0. The summed E-state index contributed by atoms with van der Waals surface area (Å²) in [6.45, 7) is 2.74. The van der Waals surface area contributed by atoms with Gasteiger partial charge in [0.1, 0.15) is 0 Å². The Bertz CT molecular complexity index is 635. The largest absolute Gasteiger partial charge is 0.338 e. The first-order valence-corrected chi connectivity index (χ1v) is 9.11. The lowest BCUT2D eigenvalue weighted by molar-refractivity contribution is -0.119.